The molecule has 0 aliphatic carbocycles. The quantitative estimate of drug-likeness (QED) is 0.488. The molecule has 0 spiro atoms. The topological polar surface area (TPSA) is 123 Å². The van der Waals surface area contributed by atoms with E-state index in [9.17, 15) is 14.9 Å². The van der Waals surface area contributed by atoms with Crippen LogP contribution in [0.1, 0.15) is 18.4 Å². The summed E-state index contributed by atoms with van der Waals surface area (Å²) in [6.07, 6.45) is 1.75. The Morgan fingerprint density at radius 3 is 2.71 bits per heavy atom. The SMILES string of the molecule is N#Cc1c(-c2cccc(NC(=O)C3CCCN3)c2)nc(Nc2ccc(Cl)cc2)[nH]c1=O. The van der Waals surface area contributed by atoms with Crippen LogP contribution in [-0.2, 0) is 4.79 Å². The van der Waals surface area contributed by atoms with Crippen molar-refractivity contribution in [1.29, 1.82) is 5.26 Å². The van der Waals surface area contributed by atoms with Crippen LogP contribution in [0.4, 0.5) is 17.3 Å². The summed E-state index contributed by atoms with van der Waals surface area (Å²) in [6, 6.07) is 15.5. The van der Waals surface area contributed by atoms with Crippen molar-refractivity contribution < 1.29 is 4.79 Å². The van der Waals surface area contributed by atoms with Gasteiger partial charge in [0.25, 0.3) is 5.56 Å². The summed E-state index contributed by atoms with van der Waals surface area (Å²) in [5, 5.41) is 19.1. The van der Waals surface area contributed by atoms with Crippen molar-refractivity contribution >= 4 is 34.8 Å². The number of aromatic amines is 1. The van der Waals surface area contributed by atoms with Crippen molar-refractivity contribution in [2.45, 2.75) is 18.9 Å². The Labute approximate surface area is 183 Å². The van der Waals surface area contributed by atoms with Gasteiger partial charge in [0.1, 0.15) is 11.6 Å². The van der Waals surface area contributed by atoms with Gasteiger partial charge >= 0.3 is 0 Å². The van der Waals surface area contributed by atoms with E-state index in [-0.39, 0.29) is 29.2 Å². The number of H-pyrrole nitrogens is 1. The van der Waals surface area contributed by atoms with E-state index >= 15 is 0 Å². The smallest absolute Gasteiger partial charge is 0.270 e. The molecule has 2 heterocycles. The number of nitrogens with zero attached hydrogens (tertiary/aromatic N) is 2. The van der Waals surface area contributed by atoms with E-state index in [1.807, 2.05) is 6.07 Å². The Bertz CT molecular complexity index is 1210. The third-order valence-corrected chi connectivity index (χ3v) is 5.17. The lowest BCUT2D eigenvalue weighted by molar-refractivity contribution is -0.117. The predicted octanol–water partition coefficient (Wildman–Crippen LogP) is 3.40. The fourth-order valence-electron chi connectivity index (χ4n) is 3.40. The summed E-state index contributed by atoms with van der Waals surface area (Å²) < 4.78 is 0. The van der Waals surface area contributed by atoms with Gasteiger partial charge in [-0.1, -0.05) is 23.7 Å². The third kappa shape index (κ3) is 4.74. The number of carbonyl (C=O) groups is 1. The molecule has 1 aliphatic heterocycles. The van der Waals surface area contributed by atoms with Crippen LogP contribution in [-0.4, -0.2) is 28.5 Å². The highest BCUT2D eigenvalue weighted by atomic mass is 35.5. The minimum atomic E-state index is -0.562. The lowest BCUT2D eigenvalue weighted by atomic mass is 10.1. The van der Waals surface area contributed by atoms with Crippen molar-refractivity contribution in [3.63, 3.8) is 0 Å². The molecule has 31 heavy (non-hydrogen) atoms. The first-order chi connectivity index (χ1) is 15.0. The van der Waals surface area contributed by atoms with Crippen molar-refractivity contribution in [2.75, 3.05) is 17.2 Å². The minimum Gasteiger partial charge on any atom is -0.326 e. The van der Waals surface area contributed by atoms with E-state index in [4.69, 9.17) is 11.6 Å². The van der Waals surface area contributed by atoms with Crippen LogP contribution in [0.2, 0.25) is 5.02 Å². The van der Waals surface area contributed by atoms with Crippen molar-refractivity contribution in [3.8, 4) is 17.3 Å². The number of amides is 1. The Morgan fingerprint density at radius 1 is 1.19 bits per heavy atom. The van der Waals surface area contributed by atoms with Gasteiger partial charge in [-0.15, -0.1) is 0 Å². The zero-order valence-electron chi connectivity index (χ0n) is 16.4. The minimum absolute atomic E-state index is 0.109. The molecule has 0 saturated carbocycles. The van der Waals surface area contributed by atoms with Crippen LogP contribution in [0.5, 0.6) is 0 Å². The van der Waals surface area contributed by atoms with Crippen LogP contribution >= 0.6 is 11.6 Å². The van der Waals surface area contributed by atoms with Gasteiger partial charge in [-0.25, -0.2) is 4.98 Å². The van der Waals surface area contributed by atoms with Crippen LogP contribution in [0, 0.1) is 11.3 Å². The molecule has 9 heteroatoms. The number of benzene rings is 2. The third-order valence-electron chi connectivity index (χ3n) is 4.92. The maximum atomic E-state index is 12.5. The monoisotopic (exact) mass is 434 g/mol. The molecule has 1 aliphatic rings. The molecular formula is C22H19ClN6O2. The summed E-state index contributed by atoms with van der Waals surface area (Å²) in [5.74, 6) is 0.0741. The van der Waals surface area contributed by atoms with E-state index in [1.54, 1.807) is 48.5 Å². The van der Waals surface area contributed by atoms with Crippen LogP contribution in [0.25, 0.3) is 11.3 Å². The van der Waals surface area contributed by atoms with Crippen molar-refractivity contribution in [2.24, 2.45) is 0 Å². The van der Waals surface area contributed by atoms with E-state index in [0.717, 1.165) is 19.4 Å². The van der Waals surface area contributed by atoms with Crippen LogP contribution in [0.3, 0.4) is 0 Å². The van der Waals surface area contributed by atoms with Gasteiger partial charge in [0.2, 0.25) is 11.9 Å². The first-order valence-corrected chi connectivity index (χ1v) is 10.1. The molecule has 156 valence electrons. The number of halogens is 1. The standard InChI is InChI=1S/C22H19ClN6O2/c23-14-6-8-15(9-7-14)27-22-28-19(17(12-24)20(30)29-22)13-3-1-4-16(11-13)26-21(31)18-5-2-10-25-18/h1,3-4,6-9,11,18,25H,2,5,10H2,(H,26,31)(H2,27,28,29,30). The molecule has 3 aromatic rings. The molecule has 4 N–H and O–H groups in total. The van der Waals surface area contributed by atoms with Gasteiger partial charge in [0.05, 0.1) is 11.7 Å². The normalized spacial score (nSPS) is 15.3. The molecule has 4 rings (SSSR count). The first kappa shape index (κ1) is 20.6. The van der Waals surface area contributed by atoms with Gasteiger partial charge in [0, 0.05) is 22.0 Å². The summed E-state index contributed by atoms with van der Waals surface area (Å²) >= 11 is 5.91. The van der Waals surface area contributed by atoms with E-state index < -0.39 is 5.56 Å². The molecule has 0 radical (unpaired) electrons. The molecule has 8 nitrogen and oxygen atoms in total. The zero-order valence-corrected chi connectivity index (χ0v) is 17.2. The van der Waals surface area contributed by atoms with Crippen molar-refractivity contribution in [1.82, 2.24) is 15.3 Å². The average Bonchev–Trinajstić information content (AvgIpc) is 3.30. The molecule has 1 aromatic heterocycles. The Hall–Kier alpha value is -3.67. The Morgan fingerprint density at radius 2 is 2.00 bits per heavy atom. The number of aromatic nitrogens is 2. The number of rotatable bonds is 5. The molecule has 1 amide bonds. The predicted molar refractivity (Wildman–Crippen MR) is 119 cm³/mol. The average molecular weight is 435 g/mol. The highest BCUT2D eigenvalue weighted by Gasteiger charge is 2.22. The summed E-state index contributed by atoms with van der Waals surface area (Å²) in [7, 11) is 0. The van der Waals surface area contributed by atoms with Gasteiger partial charge in [-0.2, -0.15) is 5.26 Å². The molecule has 0 bridgehead atoms. The first-order valence-electron chi connectivity index (χ1n) is 9.75. The van der Waals surface area contributed by atoms with E-state index in [1.165, 1.54) is 0 Å². The second-order valence-corrected chi connectivity index (χ2v) is 7.54. The number of nitrogens with one attached hydrogen (secondary N) is 4. The molecule has 2 aromatic carbocycles. The van der Waals surface area contributed by atoms with Crippen LogP contribution in [0.15, 0.2) is 53.3 Å². The number of hydrogen-bond donors (Lipinski definition) is 4. The Balaban J connectivity index is 1.65. The molecule has 1 saturated heterocycles. The molecule has 1 unspecified atom stereocenters. The second-order valence-electron chi connectivity index (χ2n) is 7.10. The van der Waals surface area contributed by atoms with Crippen molar-refractivity contribution in [3.05, 3.63) is 69.5 Å². The lowest BCUT2D eigenvalue weighted by Gasteiger charge is -2.13. The van der Waals surface area contributed by atoms with Gasteiger partial charge < -0.3 is 16.0 Å². The fraction of sp³-hybridized carbons (Fsp3) is 0.182. The van der Waals surface area contributed by atoms with Gasteiger partial charge in [0.15, 0.2) is 0 Å². The largest absolute Gasteiger partial charge is 0.326 e. The number of nitriles is 1. The number of anilines is 3. The highest BCUT2D eigenvalue weighted by molar-refractivity contribution is 6.30. The lowest BCUT2D eigenvalue weighted by Crippen LogP contribution is -2.35. The van der Waals surface area contributed by atoms with Gasteiger partial charge in [-0.05, 0) is 55.8 Å². The van der Waals surface area contributed by atoms with Gasteiger partial charge in [-0.3, -0.25) is 14.6 Å². The summed E-state index contributed by atoms with van der Waals surface area (Å²) in [5.41, 5.74) is 1.33. The maximum absolute atomic E-state index is 12.5. The molecular weight excluding hydrogens is 416 g/mol. The fourth-order valence-corrected chi connectivity index (χ4v) is 3.52. The van der Waals surface area contributed by atoms with Crippen LogP contribution < -0.4 is 21.5 Å². The summed E-state index contributed by atoms with van der Waals surface area (Å²) in [6.45, 7) is 0.823. The zero-order chi connectivity index (χ0) is 21.8. The summed E-state index contributed by atoms with van der Waals surface area (Å²) in [4.78, 5) is 31.9. The second kappa shape index (κ2) is 9.00. The van der Waals surface area contributed by atoms with E-state index in [2.05, 4.69) is 25.9 Å². The molecule has 1 atom stereocenters. The van der Waals surface area contributed by atoms with E-state index in [0.29, 0.717) is 22.0 Å². The number of carbonyl (C=O) groups excluding carboxylic acids is 1. The highest BCUT2D eigenvalue weighted by Crippen LogP contribution is 2.25. The number of hydrogen-bond acceptors (Lipinski definition) is 6. The molecule has 1 fully saturated rings. The Kier molecular flexibility index (Phi) is 5.98. The maximum Gasteiger partial charge on any atom is 0.270 e.